The maximum atomic E-state index is 6.19. The van der Waals surface area contributed by atoms with Gasteiger partial charge in [-0.15, -0.1) is 0 Å². The predicted octanol–water partition coefficient (Wildman–Crippen LogP) is 14.9. The molecule has 3 heteroatoms. The van der Waals surface area contributed by atoms with Crippen molar-refractivity contribution >= 4 is 71.4 Å². The number of nitrogens with zero attached hydrogens (tertiary/aromatic N) is 2. The third-order valence-corrected chi connectivity index (χ3v) is 11.8. The zero-order chi connectivity index (χ0) is 36.9. The molecule has 0 saturated carbocycles. The number of fused-ring (bicyclic) bond motifs is 10. The molecule has 262 valence electrons. The van der Waals surface area contributed by atoms with Crippen LogP contribution in [0.25, 0.3) is 93.4 Å². The average molecular weight is 715 g/mol. The predicted molar refractivity (Wildman–Crippen MR) is 235 cm³/mol. The van der Waals surface area contributed by atoms with Crippen molar-refractivity contribution in [2.24, 2.45) is 0 Å². The van der Waals surface area contributed by atoms with Gasteiger partial charge in [-0.05, 0) is 147 Å². The van der Waals surface area contributed by atoms with E-state index in [2.05, 4.69) is 192 Å². The van der Waals surface area contributed by atoms with Crippen molar-refractivity contribution in [3.8, 4) is 39.1 Å². The maximum Gasteiger partial charge on any atom is 0.143 e. The number of benzene rings is 9. The fraction of sp³-hybridized carbons (Fsp3) is 0.0189. The fourth-order valence-corrected chi connectivity index (χ4v) is 9.09. The van der Waals surface area contributed by atoms with Crippen molar-refractivity contribution in [2.75, 3.05) is 4.90 Å². The molecule has 0 unspecified atom stereocenters. The number of furan rings is 1. The first-order valence-corrected chi connectivity index (χ1v) is 19.2. The van der Waals surface area contributed by atoms with Crippen LogP contribution in [0.2, 0.25) is 0 Å². The number of rotatable bonds is 5. The summed E-state index contributed by atoms with van der Waals surface area (Å²) in [5.74, 6) is 0. The number of hydrogen-bond donors (Lipinski definition) is 0. The molecule has 12 rings (SSSR count). The van der Waals surface area contributed by atoms with E-state index in [9.17, 15) is 0 Å². The van der Waals surface area contributed by atoms with Crippen molar-refractivity contribution in [1.29, 1.82) is 0 Å². The number of hydrogen-bond acceptors (Lipinski definition) is 2. The molecule has 0 fully saturated rings. The lowest BCUT2D eigenvalue weighted by atomic mass is 9.78. The molecular weight excluding hydrogens is 681 g/mol. The first kappa shape index (κ1) is 31.0. The quantitative estimate of drug-likeness (QED) is 0.177. The summed E-state index contributed by atoms with van der Waals surface area (Å²) in [5.41, 5.74) is 16.5. The minimum absolute atomic E-state index is 0.888. The van der Waals surface area contributed by atoms with Gasteiger partial charge in [-0.1, -0.05) is 96.6 Å². The summed E-state index contributed by atoms with van der Waals surface area (Å²) in [5, 5.41) is 8.59. The first-order valence-electron chi connectivity index (χ1n) is 19.2. The minimum Gasteiger partial charge on any atom is -0.464 e. The van der Waals surface area contributed by atoms with E-state index in [0.717, 1.165) is 39.2 Å². The van der Waals surface area contributed by atoms with E-state index in [1.165, 1.54) is 76.9 Å². The van der Waals surface area contributed by atoms with Crippen LogP contribution in [0.5, 0.6) is 0 Å². The van der Waals surface area contributed by atoms with Crippen molar-refractivity contribution in [1.82, 2.24) is 4.57 Å². The Balaban J connectivity index is 0.982. The zero-order valence-electron chi connectivity index (χ0n) is 30.7. The second kappa shape index (κ2) is 11.8. The van der Waals surface area contributed by atoms with Crippen molar-refractivity contribution in [3.05, 3.63) is 194 Å². The number of anilines is 3. The third-order valence-electron chi connectivity index (χ3n) is 11.8. The molecule has 0 atom stereocenters. The van der Waals surface area contributed by atoms with Crippen molar-refractivity contribution in [3.63, 3.8) is 0 Å². The lowest BCUT2D eigenvalue weighted by molar-refractivity contribution is 0.617. The molecule has 0 N–H and O–H groups in total. The van der Waals surface area contributed by atoms with E-state index in [4.69, 9.17) is 4.42 Å². The van der Waals surface area contributed by atoms with Gasteiger partial charge in [0.2, 0.25) is 0 Å². The lowest BCUT2D eigenvalue weighted by Gasteiger charge is -2.29. The highest BCUT2D eigenvalue weighted by Gasteiger charge is 2.26. The molecule has 9 aromatic carbocycles. The fourth-order valence-electron chi connectivity index (χ4n) is 9.09. The van der Waals surface area contributed by atoms with Gasteiger partial charge in [0, 0.05) is 38.8 Å². The number of para-hydroxylation sites is 2. The van der Waals surface area contributed by atoms with Gasteiger partial charge in [0.1, 0.15) is 5.58 Å². The van der Waals surface area contributed by atoms with Crippen LogP contribution >= 0.6 is 0 Å². The Labute approximate surface area is 323 Å². The van der Waals surface area contributed by atoms with Crippen LogP contribution < -0.4 is 4.90 Å². The smallest absolute Gasteiger partial charge is 0.143 e. The molecule has 3 nitrogen and oxygen atoms in total. The van der Waals surface area contributed by atoms with Gasteiger partial charge in [-0.25, -0.2) is 0 Å². The van der Waals surface area contributed by atoms with Gasteiger partial charge >= 0.3 is 0 Å². The molecule has 2 aromatic heterocycles. The third kappa shape index (κ3) is 4.58. The Bertz CT molecular complexity index is 3320. The lowest BCUT2D eigenvalue weighted by Crippen LogP contribution is -2.11. The summed E-state index contributed by atoms with van der Waals surface area (Å²) >= 11 is 0. The van der Waals surface area contributed by atoms with Crippen LogP contribution in [-0.2, 0) is 0 Å². The molecular formula is C53H34N2O. The van der Waals surface area contributed by atoms with E-state index in [-0.39, 0.29) is 0 Å². The highest BCUT2D eigenvalue weighted by atomic mass is 16.3. The molecule has 1 aliphatic rings. The summed E-state index contributed by atoms with van der Waals surface area (Å²) < 4.78 is 8.59. The molecule has 0 amide bonds. The summed E-state index contributed by atoms with van der Waals surface area (Å²) in [6.45, 7) is 2.14. The van der Waals surface area contributed by atoms with E-state index < -0.39 is 0 Å². The number of aryl methyl sites for hydroxylation is 1. The van der Waals surface area contributed by atoms with Gasteiger partial charge in [0.05, 0.1) is 23.0 Å². The van der Waals surface area contributed by atoms with Crippen LogP contribution in [0.15, 0.2) is 193 Å². The molecule has 2 heterocycles. The normalized spacial score (nSPS) is 12.0. The molecule has 0 radical (unpaired) electrons. The Morgan fingerprint density at radius 3 is 1.71 bits per heavy atom. The summed E-state index contributed by atoms with van der Waals surface area (Å²) in [6.07, 6.45) is 1.79. The molecule has 0 saturated heterocycles. The van der Waals surface area contributed by atoms with Gasteiger partial charge in [0.25, 0.3) is 0 Å². The monoisotopic (exact) mass is 714 g/mol. The second-order valence-corrected chi connectivity index (χ2v) is 15.1. The Hall–Kier alpha value is -7.36. The van der Waals surface area contributed by atoms with Crippen LogP contribution in [0.3, 0.4) is 0 Å². The van der Waals surface area contributed by atoms with Gasteiger partial charge in [0.15, 0.2) is 0 Å². The van der Waals surface area contributed by atoms with Crippen molar-refractivity contribution in [2.45, 2.75) is 6.92 Å². The summed E-state index contributed by atoms with van der Waals surface area (Å²) in [4.78, 5) is 2.37. The standard InChI is InChI=1S/C53H34N2O/c1-33-15-20-40(21-16-33)54(51-24-19-35-25-26-56-53(35)52(51)34-9-3-2-4-10-34)41-22-17-36-29-45-47(31-38(36)27-41)46-30-37-18-23-42(28-39(37)32-48(45)46)55-49-13-7-5-11-43(49)44-12-6-8-14-50(44)55/h2-32H,1H3. The minimum atomic E-state index is 0.888. The molecule has 56 heavy (non-hydrogen) atoms. The Kier molecular flexibility index (Phi) is 6.55. The number of aromatic nitrogens is 1. The first-order chi connectivity index (χ1) is 27.7. The highest BCUT2D eigenvalue weighted by Crippen LogP contribution is 2.52. The zero-order valence-corrected chi connectivity index (χ0v) is 30.7. The molecule has 0 spiro atoms. The van der Waals surface area contributed by atoms with E-state index in [1.54, 1.807) is 6.26 Å². The van der Waals surface area contributed by atoms with E-state index in [1.807, 2.05) is 6.07 Å². The van der Waals surface area contributed by atoms with Gasteiger partial charge in [-0.2, -0.15) is 0 Å². The van der Waals surface area contributed by atoms with Gasteiger partial charge < -0.3 is 13.9 Å². The van der Waals surface area contributed by atoms with Gasteiger partial charge in [-0.3, -0.25) is 0 Å². The highest BCUT2D eigenvalue weighted by molar-refractivity contribution is 6.13. The topological polar surface area (TPSA) is 21.3 Å². The van der Waals surface area contributed by atoms with Crippen molar-refractivity contribution < 1.29 is 4.42 Å². The Morgan fingerprint density at radius 2 is 1.02 bits per heavy atom. The molecule has 1 aliphatic carbocycles. The van der Waals surface area contributed by atoms with Crippen LogP contribution in [0.1, 0.15) is 5.56 Å². The summed E-state index contributed by atoms with van der Waals surface area (Å²) in [7, 11) is 0. The SMILES string of the molecule is Cc1ccc(N(c2ccc3cc4c(cc3c2)-c2cc3ccc(-n5c6ccccc6c6ccccc65)cc3cc2-4)c2ccc3ccoc3c2-c2ccccc2)cc1. The second-order valence-electron chi connectivity index (χ2n) is 15.1. The van der Waals surface area contributed by atoms with Crippen LogP contribution in [-0.4, -0.2) is 4.57 Å². The maximum absolute atomic E-state index is 6.19. The Morgan fingerprint density at radius 1 is 0.446 bits per heavy atom. The molecule has 11 aromatic rings. The van der Waals surface area contributed by atoms with Crippen LogP contribution in [0.4, 0.5) is 17.1 Å². The van der Waals surface area contributed by atoms with E-state index in [0.29, 0.717) is 0 Å². The molecule has 0 aliphatic heterocycles. The van der Waals surface area contributed by atoms with E-state index >= 15 is 0 Å². The molecule has 0 bridgehead atoms. The summed E-state index contributed by atoms with van der Waals surface area (Å²) in [6, 6.07) is 66.6. The largest absolute Gasteiger partial charge is 0.464 e. The average Bonchev–Trinajstić information content (AvgIpc) is 3.86. The van der Waals surface area contributed by atoms with Crippen LogP contribution in [0, 0.1) is 6.92 Å².